The van der Waals surface area contributed by atoms with Crippen molar-refractivity contribution in [2.75, 3.05) is 13.7 Å². The summed E-state index contributed by atoms with van der Waals surface area (Å²) in [6, 6.07) is 2.01. The van der Waals surface area contributed by atoms with Crippen LogP contribution in [0.15, 0.2) is 16.7 Å². The molecule has 2 rings (SSSR count). The van der Waals surface area contributed by atoms with Gasteiger partial charge in [-0.15, -0.1) is 0 Å². The number of nitrogens with one attached hydrogen (secondary N) is 1. The molecule has 0 bridgehead atoms. The van der Waals surface area contributed by atoms with Crippen molar-refractivity contribution in [3.05, 3.63) is 23.7 Å². The highest BCUT2D eigenvalue weighted by molar-refractivity contribution is 5.15. The quantitative estimate of drug-likeness (QED) is 0.825. The standard InChI is InChI=1S/C14H23NO2/c1-15-9-14-13(7-8-17-14)11-16-10-12-5-3-2-4-6-12/h7-8,12,15H,2-6,9-11H2,1H3. The third kappa shape index (κ3) is 3.86. The summed E-state index contributed by atoms with van der Waals surface area (Å²) < 4.78 is 11.2. The van der Waals surface area contributed by atoms with Crippen LogP contribution in [0.2, 0.25) is 0 Å². The van der Waals surface area contributed by atoms with E-state index in [9.17, 15) is 0 Å². The van der Waals surface area contributed by atoms with Gasteiger partial charge in [0.2, 0.25) is 0 Å². The van der Waals surface area contributed by atoms with E-state index in [0.717, 1.165) is 24.8 Å². The fourth-order valence-electron chi connectivity index (χ4n) is 2.50. The number of hydrogen-bond donors (Lipinski definition) is 1. The van der Waals surface area contributed by atoms with Crippen molar-refractivity contribution < 1.29 is 9.15 Å². The first-order chi connectivity index (χ1) is 8.40. The lowest BCUT2D eigenvalue weighted by molar-refractivity contribution is 0.0730. The van der Waals surface area contributed by atoms with Crippen molar-refractivity contribution in [3.8, 4) is 0 Å². The largest absolute Gasteiger partial charge is 0.468 e. The summed E-state index contributed by atoms with van der Waals surface area (Å²) in [5.74, 6) is 1.78. The minimum Gasteiger partial charge on any atom is -0.468 e. The van der Waals surface area contributed by atoms with Gasteiger partial charge in [-0.1, -0.05) is 19.3 Å². The molecule has 3 heteroatoms. The molecule has 0 unspecified atom stereocenters. The van der Waals surface area contributed by atoms with Gasteiger partial charge in [0.1, 0.15) is 5.76 Å². The van der Waals surface area contributed by atoms with Gasteiger partial charge in [0, 0.05) is 12.2 Å². The Bertz CT molecular complexity index is 316. The Morgan fingerprint density at radius 1 is 1.35 bits per heavy atom. The van der Waals surface area contributed by atoms with E-state index in [2.05, 4.69) is 5.32 Å². The lowest BCUT2D eigenvalue weighted by Crippen LogP contribution is -2.13. The molecule has 1 aromatic rings. The van der Waals surface area contributed by atoms with Crippen LogP contribution in [0, 0.1) is 5.92 Å². The Morgan fingerprint density at radius 2 is 2.18 bits per heavy atom. The monoisotopic (exact) mass is 237 g/mol. The predicted octanol–water partition coefficient (Wildman–Crippen LogP) is 3.10. The van der Waals surface area contributed by atoms with Crippen molar-refractivity contribution in [3.63, 3.8) is 0 Å². The van der Waals surface area contributed by atoms with Crippen LogP contribution in [0.5, 0.6) is 0 Å². The highest BCUT2D eigenvalue weighted by atomic mass is 16.5. The van der Waals surface area contributed by atoms with Crippen LogP contribution in [0.1, 0.15) is 43.4 Å². The Labute approximate surface area is 104 Å². The maximum atomic E-state index is 5.82. The Hall–Kier alpha value is -0.800. The normalized spacial score (nSPS) is 17.5. The van der Waals surface area contributed by atoms with Gasteiger partial charge in [0.25, 0.3) is 0 Å². The second-order valence-electron chi connectivity index (χ2n) is 4.92. The SMILES string of the molecule is CNCc1occc1COCC1CCCCC1. The molecule has 1 fully saturated rings. The first-order valence-electron chi connectivity index (χ1n) is 6.67. The van der Waals surface area contributed by atoms with Crippen LogP contribution in [-0.4, -0.2) is 13.7 Å². The molecule has 1 aromatic heterocycles. The van der Waals surface area contributed by atoms with Gasteiger partial charge < -0.3 is 14.5 Å². The molecule has 1 heterocycles. The maximum Gasteiger partial charge on any atom is 0.123 e. The van der Waals surface area contributed by atoms with Crippen molar-refractivity contribution >= 4 is 0 Å². The maximum absolute atomic E-state index is 5.82. The van der Waals surface area contributed by atoms with E-state index >= 15 is 0 Å². The van der Waals surface area contributed by atoms with Crippen LogP contribution in [0.25, 0.3) is 0 Å². The van der Waals surface area contributed by atoms with E-state index in [-0.39, 0.29) is 0 Å². The second kappa shape index (κ2) is 6.82. The fourth-order valence-corrected chi connectivity index (χ4v) is 2.50. The molecule has 17 heavy (non-hydrogen) atoms. The number of hydrogen-bond acceptors (Lipinski definition) is 3. The van der Waals surface area contributed by atoms with Gasteiger partial charge in [-0.05, 0) is 31.9 Å². The van der Waals surface area contributed by atoms with Crippen molar-refractivity contribution in [2.45, 2.75) is 45.3 Å². The topological polar surface area (TPSA) is 34.4 Å². The third-order valence-corrected chi connectivity index (χ3v) is 3.51. The molecular weight excluding hydrogens is 214 g/mol. The minimum absolute atomic E-state index is 0.685. The van der Waals surface area contributed by atoms with Crippen LogP contribution in [0.3, 0.4) is 0 Å². The third-order valence-electron chi connectivity index (χ3n) is 3.51. The summed E-state index contributed by atoms with van der Waals surface area (Å²) in [6.45, 7) is 2.36. The van der Waals surface area contributed by atoms with Gasteiger partial charge in [0.15, 0.2) is 0 Å². The van der Waals surface area contributed by atoms with Gasteiger partial charge in [0.05, 0.1) is 19.4 Å². The molecule has 0 saturated heterocycles. The van der Waals surface area contributed by atoms with Gasteiger partial charge in [-0.2, -0.15) is 0 Å². The lowest BCUT2D eigenvalue weighted by atomic mass is 9.90. The molecule has 0 radical (unpaired) electrons. The van der Waals surface area contributed by atoms with Gasteiger partial charge in [-0.3, -0.25) is 0 Å². The van der Waals surface area contributed by atoms with Crippen molar-refractivity contribution in [1.82, 2.24) is 5.32 Å². The number of rotatable bonds is 6. The van der Waals surface area contributed by atoms with E-state index in [1.807, 2.05) is 13.1 Å². The van der Waals surface area contributed by atoms with Crippen LogP contribution < -0.4 is 5.32 Å². The number of ether oxygens (including phenoxy) is 1. The first kappa shape index (κ1) is 12.7. The smallest absolute Gasteiger partial charge is 0.123 e. The van der Waals surface area contributed by atoms with Crippen molar-refractivity contribution in [1.29, 1.82) is 0 Å². The van der Waals surface area contributed by atoms with E-state index in [4.69, 9.17) is 9.15 Å². The molecule has 0 amide bonds. The average molecular weight is 237 g/mol. The highest BCUT2D eigenvalue weighted by Crippen LogP contribution is 2.24. The molecule has 1 aliphatic carbocycles. The molecule has 1 N–H and O–H groups in total. The van der Waals surface area contributed by atoms with E-state index in [1.54, 1.807) is 6.26 Å². The summed E-state index contributed by atoms with van der Waals surface area (Å²) in [5.41, 5.74) is 1.18. The first-order valence-corrected chi connectivity index (χ1v) is 6.67. The average Bonchev–Trinajstić information content (AvgIpc) is 2.79. The van der Waals surface area contributed by atoms with Gasteiger partial charge >= 0.3 is 0 Å². The molecule has 3 nitrogen and oxygen atoms in total. The summed E-state index contributed by atoms with van der Waals surface area (Å²) >= 11 is 0. The van der Waals surface area contributed by atoms with E-state index in [0.29, 0.717) is 6.61 Å². The van der Waals surface area contributed by atoms with Crippen LogP contribution >= 0.6 is 0 Å². The molecule has 1 aliphatic rings. The molecule has 0 aromatic carbocycles. The van der Waals surface area contributed by atoms with Crippen LogP contribution in [-0.2, 0) is 17.9 Å². The zero-order valence-electron chi connectivity index (χ0n) is 10.7. The van der Waals surface area contributed by atoms with Crippen molar-refractivity contribution in [2.24, 2.45) is 5.92 Å². The second-order valence-corrected chi connectivity index (χ2v) is 4.92. The van der Waals surface area contributed by atoms with Crippen LogP contribution in [0.4, 0.5) is 0 Å². The highest BCUT2D eigenvalue weighted by Gasteiger charge is 2.14. The zero-order valence-corrected chi connectivity index (χ0v) is 10.7. The zero-order chi connectivity index (χ0) is 11.9. The Morgan fingerprint density at radius 3 is 2.94 bits per heavy atom. The van der Waals surface area contributed by atoms with E-state index in [1.165, 1.54) is 37.7 Å². The van der Waals surface area contributed by atoms with E-state index < -0.39 is 0 Å². The number of furan rings is 1. The molecular formula is C14H23NO2. The molecule has 96 valence electrons. The summed E-state index contributed by atoms with van der Waals surface area (Å²) in [5, 5.41) is 3.10. The molecule has 0 aliphatic heterocycles. The predicted molar refractivity (Wildman–Crippen MR) is 67.7 cm³/mol. The molecule has 1 saturated carbocycles. The summed E-state index contributed by atoms with van der Waals surface area (Å²) in [6.07, 6.45) is 8.59. The summed E-state index contributed by atoms with van der Waals surface area (Å²) in [4.78, 5) is 0. The summed E-state index contributed by atoms with van der Waals surface area (Å²) in [7, 11) is 1.93. The Balaban J connectivity index is 1.71. The van der Waals surface area contributed by atoms with Gasteiger partial charge in [-0.25, -0.2) is 0 Å². The minimum atomic E-state index is 0.685. The molecule has 0 atom stereocenters. The molecule has 0 spiro atoms. The fraction of sp³-hybridized carbons (Fsp3) is 0.714. The Kier molecular flexibility index (Phi) is 5.08. The lowest BCUT2D eigenvalue weighted by Gasteiger charge is -2.21.